The van der Waals surface area contributed by atoms with Gasteiger partial charge in [0.15, 0.2) is 0 Å². The van der Waals surface area contributed by atoms with Crippen molar-refractivity contribution >= 4 is 11.8 Å². The zero-order valence-corrected chi connectivity index (χ0v) is 11.3. The Labute approximate surface area is 113 Å². The first-order valence-electron chi connectivity index (χ1n) is 6.51. The first-order chi connectivity index (χ1) is 9.28. The Kier molecular flexibility index (Phi) is 4.66. The summed E-state index contributed by atoms with van der Waals surface area (Å²) in [5, 5.41) is 6.46. The second-order valence-electron chi connectivity index (χ2n) is 4.32. The van der Waals surface area contributed by atoms with E-state index >= 15 is 0 Å². The lowest BCUT2D eigenvalue weighted by atomic mass is 10.3. The molecule has 2 rings (SSSR count). The fraction of sp³-hybridized carbons (Fsp3) is 0.357. The van der Waals surface area contributed by atoms with Gasteiger partial charge in [0.2, 0.25) is 5.95 Å². The molecule has 0 unspecified atom stereocenters. The van der Waals surface area contributed by atoms with Crippen LogP contribution in [0.3, 0.4) is 0 Å². The number of hydrogen-bond acceptors (Lipinski definition) is 5. The molecule has 0 amide bonds. The lowest BCUT2D eigenvalue weighted by Crippen LogP contribution is -2.09. The SMILES string of the molecule is CCCNc1nc(C)cc(NCc2ccccn2)n1. The van der Waals surface area contributed by atoms with Gasteiger partial charge in [0.1, 0.15) is 5.82 Å². The van der Waals surface area contributed by atoms with Gasteiger partial charge in [-0.05, 0) is 25.5 Å². The van der Waals surface area contributed by atoms with Crippen molar-refractivity contribution in [3.63, 3.8) is 0 Å². The van der Waals surface area contributed by atoms with Gasteiger partial charge in [-0.1, -0.05) is 13.0 Å². The van der Waals surface area contributed by atoms with E-state index in [4.69, 9.17) is 0 Å². The third-order valence-corrected chi connectivity index (χ3v) is 2.56. The smallest absolute Gasteiger partial charge is 0.224 e. The highest BCUT2D eigenvalue weighted by Crippen LogP contribution is 2.10. The van der Waals surface area contributed by atoms with Gasteiger partial charge in [-0.25, -0.2) is 4.98 Å². The minimum atomic E-state index is 0.657. The highest BCUT2D eigenvalue weighted by molar-refractivity contribution is 5.42. The second kappa shape index (κ2) is 6.68. The van der Waals surface area contributed by atoms with Crippen LogP contribution in [0.4, 0.5) is 11.8 Å². The molecule has 2 aromatic rings. The Balaban J connectivity index is 2.01. The Morgan fingerprint density at radius 1 is 1.16 bits per heavy atom. The maximum atomic E-state index is 4.43. The van der Waals surface area contributed by atoms with Crippen molar-refractivity contribution in [3.05, 3.63) is 41.9 Å². The monoisotopic (exact) mass is 257 g/mol. The molecule has 100 valence electrons. The summed E-state index contributed by atoms with van der Waals surface area (Å²) >= 11 is 0. The van der Waals surface area contributed by atoms with Crippen molar-refractivity contribution in [2.45, 2.75) is 26.8 Å². The molecule has 0 saturated heterocycles. The lowest BCUT2D eigenvalue weighted by molar-refractivity contribution is 0.941. The van der Waals surface area contributed by atoms with Gasteiger partial charge in [-0.15, -0.1) is 0 Å². The minimum absolute atomic E-state index is 0.657. The third kappa shape index (κ3) is 4.21. The molecule has 0 spiro atoms. The van der Waals surface area contributed by atoms with E-state index in [2.05, 4.69) is 32.5 Å². The highest BCUT2D eigenvalue weighted by atomic mass is 15.1. The molecule has 0 fully saturated rings. The molecule has 0 aliphatic heterocycles. The molecule has 0 radical (unpaired) electrons. The van der Waals surface area contributed by atoms with Crippen LogP contribution in [0.5, 0.6) is 0 Å². The van der Waals surface area contributed by atoms with E-state index in [1.807, 2.05) is 31.2 Å². The largest absolute Gasteiger partial charge is 0.364 e. The lowest BCUT2D eigenvalue weighted by Gasteiger charge is -2.09. The molecule has 19 heavy (non-hydrogen) atoms. The molecule has 2 N–H and O–H groups in total. The number of hydrogen-bond donors (Lipinski definition) is 2. The first-order valence-corrected chi connectivity index (χ1v) is 6.51. The average Bonchev–Trinajstić information content (AvgIpc) is 2.43. The number of aryl methyl sites for hydroxylation is 1. The summed E-state index contributed by atoms with van der Waals surface area (Å²) in [6.07, 6.45) is 2.84. The molecule has 0 aliphatic carbocycles. The molecule has 2 aromatic heterocycles. The number of pyridine rings is 1. The van der Waals surface area contributed by atoms with Gasteiger partial charge in [0.25, 0.3) is 0 Å². The molecule has 2 heterocycles. The molecule has 0 aliphatic rings. The van der Waals surface area contributed by atoms with E-state index in [0.717, 1.165) is 30.2 Å². The van der Waals surface area contributed by atoms with Crippen LogP contribution >= 0.6 is 0 Å². The number of aromatic nitrogens is 3. The zero-order chi connectivity index (χ0) is 13.5. The van der Waals surface area contributed by atoms with Crippen molar-refractivity contribution in [2.75, 3.05) is 17.2 Å². The van der Waals surface area contributed by atoms with Crippen LogP contribution in [-0.2, 0) is 6.54 Å². The molecular formula is C14H19N5. The summed E-state index contributed by atoms with van der Waals surface area (Å²) in [6, 6.07) is 7.80. The van der Waals surface area contributed by atoms with E-state index in [0.29, 0.717) is 12.5 Å². The van der Waals surface area contributed by atoms with E-state index in [1.54, 1.807) is 6.20 Å². The quantitative estimate of drug-likeness (QED) is 0.833. The fourth-order valence-electron chi connectivity index (χ4n) is 1.66. The van der Waals surface area contributed by atoms with Crippen LogP contribution in [0.15, 0.2) is 30.5 Å². The van der Waals surface area contributed by atoms with Crippen LogP contribution in [0.2, 0.25) is 0 Å². The van der Waals surface area contributed by atoms with Crippen molar-refractivity contribution in [2.24, 2.45) is 0 Å². The fourth-order valence-corrected chi connectivity index (χ4v) is 1.66. The van der Waals surface area contributed by atoms with Gasteiger partial charge in [-0.2, -0.15) is 4.98 Å². The Morgan fingerprint density at radius 2 is 2.05 bits per heavy atom. The molecule has 0 aromatic carbocycles. The van der Waals surface area contributed by atoms with Crippen molar-refractivity contribution < 1.29 is 0 Å². The summed E-state index contributed by atoms with van der Waals surface area (Å²) in [5.74, 6) is 1.49. The minimum Gasteiger partial charge on any atom is -0.364 e. The van der Waals surface area contributed by atoms with E-state index in [9.17, 15) is 0 Å². The highest BCUT2D eigenvalue weighted by Gasteiger charge is 2.01. The van der Waals surface area contributed by atoms with Crippen LogP contribution in [0, 0.1) is 6.92 Å². The predicted octanol–water partition coefficient (Wildman–Crippen LogP) is 2.61. The van der Waals surface area contributed by atoms with Crippen LogP contribution in [0.25, 0.3) is 0 Å². The standard InChI is InChI=1S/C14H19N5/c1-3-7-16-14-18-11(2)9-13(19-14)17-10-12-6-4-5-8-15-12/h4-6,8-9H,3,7,10H2,1-2H3,(H2,16,17,18,19). The average molecular weight is 257 g/mol. The maximum absolute atomic E-state index is 4.43. The summed E-state index contributed by atoms with van der Waals surface area (Å²) in [5.41, 5.74) is 1.93. The summed E-state index contributed by atoms with van der Waals surface area (Å²) in [4.78, 5) is 13.0. The topological polar surface area (TPSA) is 62.7 Å². The van der Waals surface area contributed by atoms with Crippen molar-refractivity contribution in [1.82, 2.24) is 15.0 Å². The number of rotatable bonds is 6. The van der Waals surface area contributed by atoms with Gasteiger partial charge >= 0.3 is 0 Å². The molecule has 0 atom stereocenters. The second-order valence-corrected chi connectivity index (χ2v) is 4.32. The van der Waals surface area contributed by atoms with Gasteiger partial charge in [0, 0.05) is 24.5 Å². The molecule has 0 saturated carbocycles. The van der Waals surface area contributed by atoms with E-state index < -0.39 is 0 Å². The first kappa shape index (κ1) is 13.3. The number of nitrogens with zero attached hydrogens (tertiary/aromatic N) is 3. The zero-order valence-electron chi connectivity index (χ0n) is 11.3. The number of nitrogens with one attached hydrogen (secondary N) is 2. The summed E-state index contributed by atoms with van der Waals surface area (Å²) < 4.78 is 0. The van der Waals surface area contributed by atoms with Crippen LogP contribution < -0.4 is 10.6 Å². The maximum Gasteiger partial charge on any atom is 0.224 e. The third-order valence-electron chi connectivity index (χ3n) is 2.56. The predicted molar refractivity (Wildman–Crippen MR) is 77.1 cm³/mol. The summed E-state index contributed by atoms with van der Waals surface area (Å²) in [7, 11) is 0. The summed E-state index contributed by atoms with van der Waals surface area (Å²) in [6.45, 7) is 5.61. The normalized spacial score (nSPS) is 10.2. The Morgan fingerprint density at radius 3 is 2.79 bits per heavy atom. The Hall–Kier alpha value is -2.17. The number of anilines is 2. The van der Waals surface area contributed by atoms with E-state index in [1.165, 1.54) is 0 Å². The molecule has 0 bridgehead atoms. The van der Waals surface area contributed by atoms with E-state index in [-0.39, 0.29) is 0 Å². The van der Waals surface area contributed by atoms with Gasteiger partial charge in [0.05, 0.1) is 12.2 Å². The Bertz CT molecular complexity index is 512. The molecule has 5 heteroatoms. The van der Waals surface area contributed by atoms with Crippen LogP contribution in [-0.4, -0.2) is 21.5 Å². The van der Waals surface area contributed by atoms with Gasteiger partial charge < -0.3 is 10.6 Å². The molecular weight excluding hydrogens is 238 g/mol. The van der Waals surface area contributed by atoms with Gasteiger partial charge in [-0.3, -0.25) is 4.98 Å². The van der Waals surface area contributed by atoms with Crippen LogP contribution in [0.1, 0.15) is 24.7 Å². The van der Waals surface area contributed by atoms with Crippen molar-refractivity contribution in [3.8, 4) is 0 Å². The molecule has 5 nitrogen and oxygen atoms in total. The van der Waals surface area contributed by atoms with Crippen molar-refractivity contribution in [1.29, 1.82) is 0 Å².